The van der Waals surface area contributed by atoms with Crippen LogP contribution in [-0.2, 0) is 66.4 Å². The van der Waals surface area contributed by atoms with Crippen LogP contribution in [0.4, 0.5) is 0 Å². The molecule has 0 saturated heterocycles. The molecule has 0 heterocycles. The Morgan fingerprint density at radius 1 is 0.364 bits per heavy atom. The van der Waals surface area contributed by atoms with Gasteiger partial charge < -0.3 is 66.7 Å². The van der Waals surface area contributed by atoms with Crippen LogP contribution in [0.15, 0.2) is 0 Å². The number of hydrogen-bond acceptors (Lipinski definition) is 15. The first-order chi connectivity index (χ1) is 21.8. The van der Waals surface area contributed by atoms with E-state index in [1.807, 2.05) is 0 Å². The maximum absolute atomic E-state index is 11.1. The molecule has 0 aliphatic rings. The van der Waals surface area contributed by atoms with Crippen molar-refractivity contribution in [3.8, 4) is 0 Å². The van der Waals surface area contributed by atoms with Crippen molar-refractivity contribution in [2.45, 2.75) is 13.3 Å². The normalized spacial score (nSPS) is 11.4. The smallest absolute Gasteiger partial charge is 0.308 e. The van der Waals surface area contributed by atoms with Crippen LogP contribution in [-0.4, -0.2) is 183 Å². The van der Waals surface area contributed by atoms with Gasteiger partial charge in [-0.15, -0.1) is 0 Å². The summed E-state index contributed by atoms with van der Waals surface area (Å²) in [5.74, 6) is -0.253. The molecule has 0 aromatic rings. The highest BCUT2D eigenvalue weighted by Gasteiger charge is 2.01. The Bertz CT molecular complexity index is 545. The van der Waals surface area contributed by atoms with Gasteiger partial charge in [-0.05, 0) is 6.92 Å². The molecule has 0 aromatic carbocycles. The van der Waals surface area contributed by atoms with E-state index < -0.39 is 0 Å². The molecule has 15 nitrogen and oxygen atoms in total. The van der Waals surface area contributed by atoms with Crippen molar-refractivity contribution >= 4 is 5.97 Å². The number of hydrogen-bond donors (Lipinski definition) is 1. The highest BCUT2D eigenvalue weighted by Crippen LogP contribution is 1.90. The standard InChI is InChI=1S/C29H58O15/c1-2-44-29(31)3-5-32-7-9-34-11-13-36-15-17-38-19-21-40-23-25-42-27-28-43-26-24-41-22-20-39-18-16-37-14-12-35-10-8-33-6-4-30/h30H,2-28H2,1H3. The van der Waals surface area contributed by atoms with E-state index in [0.29, 0.717) is 165 Å². The molecule has 264 valence electrons. The molecule has 0 aliphatic carbocycles. The Morgan fingerprint density at radius 2 is 0.568 bits per heavy atom. The molecule has 0 rings (SSSR count). The lowest BCUT2D eigenvalue weighted by molar-refractivity contribution is -0.144. The van der Waals surface area contributed by atoms with Crippen molar-refractivity contribution in [1.82, 2.24) is 0 Å². The van der Waals surface area contributed by atoms with Crippen molar-refractivity contribution in [3.05, 3.63) is 0 Å². The fourth-order valence-corrected chi connectivity index (χ4v) is 2.97. The molecular weight excluding hydrogens is 588 g/mol. The number of carbonyl (C=O) groups is 1. The van der Waals surface area contributed by atoms with Gasteiger partial charge in [0.15, 0.2) is 0 Å². The minimum absolute atomic E-state index is 0.0221. The molecule has 44 heavy (non-hydrogen) atoms. The molecule has 1 N–H and O–H groups in total. The van der Waals surface area contributed by atoms with Gasteiger partial charge in [0.2, 0.25) is 0 Å². The molecule has 0 radical (unpaired) electrons. The molecular formula is C29H58O15. The van der Waals surface area contributed by atoms with Gasteiger partial charge in [0.1, 0.15) is 0 Å². The molecule has 0 fully saturated rings. The van der Waals surface area contributed by atoms with Crippen molar-refractivity contribution < 1.29 is 71.5 Å². The second-order valence-electron chi connectivity index (χ2n) is 8.63. The van der Waals surface area contributed by atoms with Crippen LogP contribution in [0.1, 0.15) is 13.3 Å². The highest BCUT2D eigenvalue weighted by molar-refractivity contribution is 5.69. The maximum Gasteiger partial charge on any atom is 0.308 e. The Balaban J connectivity index is 3.05. The van der Waals surface area contributed by atoms with Gasteiger partial charge in [-0.3, -0.25) is 4.79 Å². The molecule has 0 aliphatic heterocycles. The minimum atomic E-state index is -0.253. The molecule has 0 saturated carbocycles. The summed E-state index contributed by atoms with van der Waals surface area (Å²) in [5.41, 5.74) is 0. The topological polar surface area (TPSA) is 157 Å². The Kier molecular flexibility index (Phi) is 39.0. The van der Waals surface area contributed by atoms with E-state index in [1.165, 1.54) is 0 Å². The third-order valence-corrected chi connectivity index (χ3v) is 5.08. The lowest BCUT2D eigenvalue weighted by Crippen LogP contribution is -2.15. The van der Waals surface area contributed by atoms with E-state index in [4.69, 9.17) is 66.7 Å². The number of carbonyl (C=O) groups excluding carboxylic acids is 1. The average molecular weight is 647 g/mol. The van der Waals surface area contributed by atoms with E-state index in [0.717, 1.165) is 0 Å². The number of rotatable bonds is 39. The van der Waals surface area contributed by atoms with Gasteiger partial charge in [0.05, 0.1) is 178 Å². The number of aliphatic hydroxyl groups excluding tert-OH is 1. The summed E-state index contributed by atoms with van der Waals surface area (Å²) in [6.07, 6.45) is 0.254. The van der Waals surface area contributed by atoms with Crippen molar-refractivity contribution in [1.29, 1.82) is 0 Å². The van der Waals surface area contributed by atoms with Crippen LogP contribution in [0.25, 0.3) is 0 Å². The van der Waals surface area contributed by atoms with Crippen molar-refractivity contribution in [2.75, 3.05) is 172 Å². The first kappa shape index (κ1) is 43.0. The third kappa shape index (κ3) is 39.0. The molecule has 0 amide bonds. The molecule has 0 aromatic heterocycles. The van der Waals surface area contributed by atoms with Crippen LogP contribution < -0.4 is 0 Å². The largest absolute Gasteiger partial charge is 0.466 e. The highest BCUT2D eigenvalue weighted by atomic mass is 16.6. The zero-order valence-corrected chi connectivity index (χ0v) is 26.8. The monoisotopic (exact) mass is 646 g/mol. The lowest BCUT2D eigenvalue weighted by Gasteiger charge is -2.09. The summed E-state index contributed by atoms with van der Waals surface area (Å²) in [5, 5.41) is 8.57. The summed E-state index contributed by atoms with van der Waals surface area (Å²) < 4.78 is 69.4. The van der Waals surface area contributed by atoms with E-state index >= 15 is 0 Å². The minimum Gasteiger partial charge on any atom is -0.466 e. The molecule has 15 heteroatoms. The molecule has 0 bridgehead atoms. The SMILES string of the molecule is CCOC(=O)CCOCCOCCOCCOCCOCCOCCOCCOCCOCCOCCOCCOCCO. The van der Waals surface area contributed by atoms with Gasteiger partial charge in [-0.25, -0.2) is 0 Å². The van der Waals surface area contributed by atoms with Crippen molar-refractivity contribution in [3.63, 3.8) is 0 Å². The maximum atomic E-state index is 11.1. The van der Waals surface area contributed by atoms with E-state index in [2.05, 4.69) is 0 Å². The summed E-state index contributed by atoms with van der Waals surface area (Å²) in [4.78, 5) is 11.1. The third-order valence-electron chi connectivity index (χ3n) is 5.08. The van der Waals surface area contributed by atoms with Gasteiger partial charge in [0, 0.05) is 0 Å². The fourth-order valence-electron chi connectivity index (χ4n) is 2.97. The molecule has 0 unspecified atom stereocenters. The predicted octanol–water partition coefficient (Wildman–Crippen LogP) is 0.131. The van der Waals surface area contributed by atoms with Crippen molar-refractivity contribution in [2.24, 2.45) is 0 Å². The predicted molar refractivity (Wildman–Crippen MR) is 158 cm³/mol. The van der Waals surface area contributed by atoms with Crippen LogP contribution in [0.3, 0.4) is 0 Å². The first-order valence-electron chi connectivity index (χ1n) is 15.5. The summed E-state index contributed by atoms with van der Waals surface area (Å²) in [6.45, 7) is 13.6. The Morgan fingerprint density at radius 3 is 0.773 bits per heavy atom. The fraction of sp³-hybridized carbons (Fsp3) is 0.966. The van der Waals surface area contributed by atoms with Gasteiger partial charge in [-0.1, -0.05) is 0 Å². The zero-order valence-electron chi connectivity index (χ0n) is 26.8. The van der Waals surface area contributed by atoms with Gasteiger partial charge in [0.25, 0.3) is 0 Å². The van der Waals surface area contributed by atoms with Crippen LogP contribution in [0.5, 0.6) is 0 Å². The molecule has 0 spiro atoms. The average Bonchev–Trinajstić information content (AvgIpc) is 3.02. The quantitative estimate of drug-likeness (QED) is 0.0709. The Hall–Kier alpha value is -1.05. The van der Waals surface area contributed by atoms with E-state index in [9.17, 15) is 4.79 Å². The van der Waals surface area contributed by atoms with Crippen LogP contribution in [0.2, 0.25) is 0 Å². The van der Waals surface area contributed by atoms with Gasteiger partial charge >= 0.3 is 5.97 Å². The second kappa shape index (κ2) is 40.0. The zero-order chi connectivity index (χ0) is 31.9. The van der Waals surface area contributed by atoms with Crippen LogP contribution >= 0.6 is 0 Å². The van der Waals surface area contributed by atoms with E-state index in [1.54, 1.807) is 6.92 Å². The summed E-state index contributed by atoms with van der Waals surface area (Å²) in [6, 6.07) is 0. The van der Waals surface area contributed by atoms with E-state index in [-0.39, 0.29) is 19.0 Å². The first-order valence-corrected chi connectivity index (χ1v) is 15.5. The summed E-state index contributed by atoms with van der Waals surface area (Å²) in [7, 11) is 0. The summed E-state index contributed by atoms with van der Waals surface area (Å²) >= 11 is 0. The number of ether oxygens (including phenoxy) is 13. The lowest BCUT2D eigenvalue weighted by atomic mass is 10.5. The number of aliphatic hydroxyl groups is 1. The number of esters is 1. The second-order valence-corrected chi connectivity index (χ2v) is 8.63. The van der Waals surface area contributed by atoms with Crippen LogP contribution in [0, 0.1) is 0 Å². The molecule has 0 atom stereocenters. The Labute approximate surface area is 262 Å². The van der Waals surface area contributed by atoms with Gasteiger partial charge in [-0.2, -0.15) is 0 Å².